The molecular weight excluding hydrogens is 551 g/mol. The fourth-order valence-electron chi connectivity index (χ4n) is 5.56. The van der Waals surface area contributed by atoms with Crippen molar-refractivity contribution >= 4 is 70.5 Å². The van der Waals surface area contributed by atoms with Crippen molar-refractivity contribution in [3.05, 3.63) is 139 Å². The average molecular weight is 577 g/mol. The molecular formula is C36H20F3NOS. The highest BCUT2D eigenvalue weighted by Gasteiger charge is 2.23. The number of fused-ring (bicyclic) bond motifs is 7. The van der Waals surface area contributed by atoms with Gasteiger partial charge in [0.25, 0.3) is 0 Å². The van der Waals surface area contributed by atoms with Crippen LogP contribution in [0.25, 0.3) is 53.2 Å². The van der Waals surface area contributed by atoms with Crippen molar-refractivity contribution in [3.8, 4) is 11.1 Å². The van der Waals surface area contributed by atoms with Crippen LogP contribution in [0.1, 0.15) is 6.85 Å². The molecule has 0 N–H and O–H groups in total. The Bertz CT molecular complexity index is 2530. The van der Waals surface area contributed by atoms with E-state index >= 15 is 0 Å². The quantitative estimate of drug-likeness (QED) is 0.207. The van der Waals surface area contributed by atoms with Crippen LogP contribution in [0.3, 0.4) is 0 Å². The number of furan rings is 1. The van der Waals surface area contributed by atoms with Gasteiger partial charge in [0.05, 0.1) is 22.8 Å². The molecule has 0 saturated carbocycles. The summed E-state index contributed by atoms with van der Waals surface area (Å²) < 4.78 is 94.4. The van der Waals surface area contributed by atoms with Gasteiger partial charge in [-0.15, -0.1) is 11.3 Å². The second-order valence-electron chi connectivity index (χ2n) is 9.77. The van der Waals surface area contributed by atoms with E-state index < -0.39 is 53.2 Å². The Balaban J connectivity index is 1.49. The zero-order chi connectivity index (χ0) is 32.7. The van der Waals surface area contributed by atoms with Crippen LogP contribution < -0.4 is 4.90 Å². The fourth-order valence-corrected chi connectivity index (χ4v) is 6.77. The second kappa shape index (κ2) is 9.50. The van der Waals surface area contributed by atoms with E-state index in [2.05, 4.69) is 0 Å². The third kappa shape index (κ3) is 3.80. The number of hydrogen-bond acceptors (Lipinski definition) is 3. The Morgan fingerprint density at radius 3 is 2.14 bits per heavy atom. The highest BCUT2D eigenvalue weighted by atomic mass is 32.1. The van der Waals surface area contributed by atoms with E-state index in [1.165, 1.54) is 23.5 Å². The van der Waals surface area contributed by atoms with Gasteiger partial charge in [-0.25, -0.2) is 13.2 Å². The van der Waals surface area contributed by atoms with Crippen molar-refractivity contribution in [2.24, 2.45) is 0 Å². The molecule has 8 rings (SSSR count). The maximum atomic E-state index is 14.7. The summed E-state index contributed by atoms with van der Waals surface area (Å²) in [5.41, 5.74) is 1.81. The van der Waals surface area contributed by atoms with Crippen molar-refractivity contribution in [1.82, 2.24) is 0 Å². The van der Waals surface area contributed by atoms with Gasteiger partial charge >= 0.3 is 0 Å². The molecule has 0 saturated heterocycles. The molecule has 0 amide bonds. The van der Waals surface area contributed by atoms with Gasteiger partial charge in [0.1, 0.15) is 23.0 Å². The molecule has 0 radical (unpaired) electrons. The van der Waals surface area contributed by atoms with Crippen molar-refractivity contribution in [3.63, 3.8) is 0 Å². The lowest BCUT2D eigenvalue weighted by atomic mass is 10.0. The molecule has 2 aromatic heterocycles. The van der Waals surface area contributed by atoms with Gasteiger partial charge in [-0.05, 0) is 48.0 Å². The largest absolute Gasteiger partial charge is 0.455 e. The topological polar surface area (TPSA) is 16.4 Å². The van der Waals surface area contributed by atoms with Gasteiger partial charge in [-0.2, -0.15) is 0 Å². The summed E-state index contributed by atoms with van der Waals surface area (Å²) in [4.78, 5) is 1.59. The standard InChI is InChI=1S/C36H20F3NOS/c37-22-18-28(38)33(29(39)19-22)21-14-16-24(17-15-21)40(23-8-2-1-3-9-23)30-20-27-25-10-4-6-12-31(25)41-35(27)36-34(30)26-11-5-7-13-32(26)42-36/h1-20H/i1D,2D,3D,8D,9D. The molecule has 2 heterocycles. The Morgan fingerprint density at radius 1 is 0.690 bits per heavy atom. The van der Waals surface area contributed by atoms with Crippen LogP contribution >= 0.6 is 11.3 Å². The van der Waals surface area contributed by atoms with Crippen LogP contribution in [0, 0.1) is 17.5 Å². The first-order valence-corrected chi connectivity index (χ1v) is 13.8. The maximum absolute atomic E-state index is 14.7. The van der Waals surface area contributed by atoms with E-state index in [1.54, 1.807) is 17.0 Å². The highest BCUT2D eigenvalue weighted by Crippen LogP contribution is 2.49. The minimum Gasteiger partial charge on any atom is -0.455 e. The van der Waals surface area contributed by atoms with Gasteiger partial charge in [0.2, 0.25) is 0 Å². The zero-order valence-corrected chi connectivity index (χ0v) is 22.4. The highest BCUT2D eigenvalue weighted by molar-refractivity contribution is 7.26. The summed E-state index contributed by atoms with van der Waals surface area (Å²) in [5.74, 6) is -3.18. The van der Waals surface area contributed by atoms with E-state index in [1.807, 2.05) is 54.6 Å². The maximum Gasteiger partial charge on any atom is 0.153 e. The molecule has 0 atom stereocenters. The van der Waals surface area contributed by atoms with Crippen molar-refractivity contribution in [2.75, 3.05) is 4.90 Å². The number of benzene rings is 6. The Morgan fingerprint density at radius 2 is 1.38 bits per heavy atom. The molecule has 0 aliphatic rings. The van der Waals surface area contributed by atoms with E-state index in [0.717, 1.165) is 30.9 Å². The van der Waals surface area contributed by atoms with Crippen LogP contribution in [0.5, 0.6) is 0 Å². The van der Waals surface area contributed by atoms with Crippen LogP contribution in [0.4, 0.5) is 30.2 Å². The zero-order valence-electron chi connectivity index (χ0n) is 26.6. The normalized spacial score (nSPS) is 13.4. The molecule has 0 unspecified atom stereocenters. The smallest absolute Gasteiger partial charge is 0.153 e. The Kier molecular flexibility index (Phi) is 4.50. The number of hydrogen-bond donors (Lipinski definition) is 0. The predicted octanol–water partition coefficient (Wildman–Crippen LogP) is 11.5. The Labute approximate surface area is 249 Å². The van der Waals surface area contributed by atoms with Crippen molar-refractivity contribution < 1.29 is 24.4 Å². The summed E-state index contributed by atoms with van der Waals surface area (Å²) in [6, 6.07) is 22.0. The summed E-state index contributed by atoms with van der Waals surface area (Å²) >= 11 is 1.52. The minimum absolute atomic E-state index is 0.105. The molecule has 0 bridgehead atoms. The predicted molar refractivity (Wildman–Crippen MR) is 167 cm³/mol. The first-order valence-electron chi connectivity index (χ1n) is 15.5. The molecule has 0 spiro atoms. The lowest BCUT2D eigenvalue weighted by Gasteiger charge is -2.27. The molecule has 0 aliphatic heterocycles. The minimum atomic E-state index is -1.07. The average Bonchev–Trinajstić information content (AvgIpc) is 3.64. The van der Waals surface area contributed by atoms with Crippen LogP contribution in [-0.2, 0) is 0 Å². The summed E-state index contributed by atoms with van der Waals surface area (Å²) in [7, 11) is 0. The van der Waals surface area contributed by atoms with Gasteiger partial charge in [0.15, 0.2) is 5.58 Å². The van der Waals surface area contributed by atoms with E-state index in [4.69, 9.17) is 11.3 Å². The van der Waals surface area contributed by atoms with Gasteiger partial charge < -0.3 is 9.32 Å². The lowest BCUT2D eigenvalue weighted by Crippen LogP contribution is -2.10. The molecule has 42 heavy (non-hydrogen) atoms. The number of para-hydroxylation sites is 2. The molecule has 6 aromatic carbocycles. The van der Waals surface area contributed by atoms with Crippen molar-refractivity contribution in [1.29, 1.82) is 0 Å². The van der Waals surface area contributed by atoms with E-state index in [0.29, 0.717) is 34.7 Å². The van der Waals surface area contributed by atoms with Crippen LogP contribution in [0.15, 0.2) is 126 Å². The lowest BCUT2D eigenvalue weighted by molar-refractivity contribution is 0.548. The number of nitrogens with zero attached hydrogens (tertiary/aromatic N) is 1. The number of thiophene rings is 1. The third-order valence-corrected chi connectivity index (χ3v) is 8.51. The molecule has 202 valence electrons. The molecule has 2 nitrogen and oxygen atoms in total. The second-order valence-corrected chi connectivity index (χ2v) is 10.8. The van der Waals surface area contributed by atoms with Gasteiger partial charge in [-0.3, -0.25) is 0 Å². The molecule has 0 aliphatic carbocycles. The first-order chi connectivity index (χ1) is 22.6. The number of anilines is 3. The SMILES string of the molecule is [2H]c1c([2H])c([2H])c(N(c2ccc(-c3c(F)cc(F)cc3F)cc2)c2cc3c4ccccc4oc3c3sc4ccccc4c23)c([2H])c1[2H]. The summed E-state index contributed by atoms with van der Waals surface area (Å²) in [6.45, 7) is 0. The summed E-state index contributed by atoms with van der Waals surface area (Å²) in [5, 5.41) is 3.21. The molecule has 6 heteroatoms. The third-order valence-electron chi connectivity index (χ3n) is 7.35. The van der Waals surface area contributed by atoms with Gasteiger partial charge in [-0.1, -0.05) is 66.7 Å². The van der Waals surface area contributed by atoms with E-state index in [-0.39, 0.29) is 11.3 Å². The van der Waals surface area contributed by atoms with Crippen molar-refractivity contribution in [2.45, 2.75) is 0 Å². The molecule has 0 fully saturated rings. The summed E-state index contributed by atoms with van der Waals surface area (Å²) in [6.07, 6.45) is 0. The monoisotopic (exact) mass is 576 g/mol. The fraction of sp³-hybridized carbons (Fsp3) is 0. The van der Waals surface area contributed by atoms with Crippen LogP contribution in [0.2, 0.25) is 0 Å². The van der Waals surface area contributed by atoms with Gasteiger partial charge in [0, 0.05) is 49.8 Å². The first kappa shape index (κ1) is 19.9. The number of rotatable bonds is 4. The van der Waals surface area contributed by atoms with Crippen LogP contribution in [-0.4, -0.2) is 0 Å². The number of halogens is 3. The van der Waals surface area contributed by atoms with E-state index in [9.17, 15) is 13.2 Å². The Hall–Kier alpha value is -5.07. The molecule has 8 aromatic rings.